The second kappa shape index (κ2) is 15.4. The molecule has 0 spiro atoms. The Bertz CT molecular complexity index is 3980. The molecule has 70 heavy (non-hydrogen) atoms. The fourth-order valence-electron chi connectivity index (χ4n) is 12.4. The summed E-state index contributed by atoms with van der Waals surface area (Å²) in [5, 5.41) is 4.80. The molecule has 0 unspecified atom stereocenters. The third-order valence-corrected chi connectivity index (χ3v) is 15.5. The van der Waals surface area contributed by atoms with Crippen LogP contribution in [0.2, 0.25) is 0 Å². The van der Waals surface area contributed by atoms with Crippen LogP contribution in [0.4, 0.5) is 17.1 Å². The minimum atomic E-state index is -0.595. The Morgan fingerprint density at radius 1 is 0.343 bits per heavy atom. The molecule has 2 nitrogen and oxygen atoms in total. The Hall–Kier alpha value is -8.72. The molecule has 1 aromatic heterocycles. The molecule has 0 saturated heterocycles. The molecule has 0 amide bonds. The first-order valence-electron chi connectivity index (χ1n) is 24.4. The van der Waals surface area contributed by atoms with Crippen molar-refractivity contribution in [2.45, 2.75) is 24.7 Å². The van der Waals surface area contributed by atoms with E-state index in [1.165, 1.54) is 77.5 Å². The van der Waals surface area contributed by atoms with Gasteiger partial charge in [-0.3, -0.25) is 0 Å². The molecule has 2 aliphatic rings. The van der Waals surface area contributed by atoms with Crippen LogP contribution in [-0.2, 0) is 10.8 Å². The van der Waals surface area contributed by atoms with Gasteiger partial charge in [0.15, 0.2) is 0 Å². The first-order chi connectivity index (χ1) is 34.5. The van der Waals surface area contributed by atoms with E-state index in [4.69, 9.17) is 4.42 Å². The molecule has 330 valence electrons. The summed E-state index contributed by atoms with van der Waals surface area (Å²) >= 11 is 0. The van der Waals surface area contributed by atoms with Crippen LogP contribution in [-0.4, -0.2) is 0 Å². The van der Waals surface area contributed by atoms with E-state index >= 15 is 0 Å². The number of fused-ring (bicyclic) bond motifs is 11. The molecule has 0 N–H and O–H groups in total. The van der Waals surface area contributed by atoms with E-state index < -0.39 is 5.41 Å². The van der Waals surface area contributed by atoms with Crippen LogP contribution in [0.1, 0.15) is 47.2 Å². The summed E-state index contributed by atoms with van der Waals surface area (Å²) in [5.41, 5.74) is 21.8. The zero-order valence-corrected chi connectivity index (χ0v) is 39.0. The number of benzene rings is 11. The summed E-state index contributed by atoms with van der Waals surface area (Å²) in [4.78, 5) is 2.48. The molecule has 0 saturated carbocycles. The lowest BCUT2D eigenvalue weighted by Gasteiger charge is -2.35. The number of rotatable bonds is 7. The largest absolute Gasteiger partial charge is 0.456 e. The monoisotopic (exact) mass is 893 g/mol. The van der Waals surface area contributed by atoms with Gasteiger partial charge in [-0.25, -0.2) is 0 Å². The molecule has 12 aromatic rings. The molecule has 0 aliphatic heterocycles. The topological polar surface area (TPSA) is 16.4 Å². The van der Waals surface area contributed by atoms with Crippen molar-refractivity contribution in [2.75, 3.05) is 4.90 Å². The predicted molar refractivity (Wildman–Crippen MR) is 292 cm³/mol. The molecule has 1 heterocycles. The Kier molecular flexibility index (Phi) is 8.88. The number of hydrogen-bond donors (Lipinski definition) is 0. The predicted octanol–water partition coefficient (Wildman–Crippen LogP) is 18.2. The second-order valence-electron chi connectivity index (χ2n) is 19.6. The maximum absolute atomic E-state index is 6.65. The summed E-state index contributed by atoms with van der Waals surface area (Å²) in [7, 11) is 0. The van der Waals surface area contributed by atoms with Crippen molar-refractivity contribution in [3.05, 3.63) is 282 Å². The van der Waals surface area contributed by atoms with Crippen LogP contribution in [0, 0.1) is 0 Å². The Balaban J connectivity index is 1.01. The van der Waals surface area contributed by atoms with Crippen molar-refractivity contribution in [3.63, 3.8) is 0 Å². The highest BCUT2D eigenvalue weighted by molar-refractivity contribution is 6.13. The first kappa shape index (κ1) is 40.4. The second-order valence-corrected chi connectivity index (χ2v) is 19.6. The zero-order valence-electron chi connectivity index (χ0n) is 39.0. The van der Waals surface area contributed by atoms with E-state index in [-0.39, 0.29) is 5.41 Å². The third-order valence-electron chi connectivity index (χ3n) is 15.5. The molecule has 11 aromatic carbocycles. The fourth-order valence-corrected chi connectivity index (χ4v) is 12.4. The lowest BCUT2D eigenvalue weighted by Crippen LogP contribution is -2.29. The quantitative estimate of drug-likeness (QED) is 0.158. The van der Waals surface area contributed by atoms with Crippen molar-refractivity contribution in [3.8, 4) is 44.5 Å². The van der Waals surface area contributed by atoms with Gasteiger partial charge in [0.1, 0.15) is 11.2 Å². The SMILES string of the molecule is CC1(C)c2cc(N(c3cccc(C4(c5ccc(-c6ccccc6)cc5)c5ccccc5-c5ccccc54)c3)c3ccc4oc5cccc(-c6ccccc6)c5c4c3)ccc2-c2ccc3ccccc3c21. The van der Waals surface area contributed by atoms with Crippen LogP contribution in [0.5, 0.6) is 0 Å². The smallest absolute Gasteiger partial charge is 0.136 e. The highest BCUT2D eigenvalue weighted by atomic mass is 16.3. The van der Waals surface area contributed by atoms with Crippen molar-refractivity contribution in [1.82, 2.24) is 0 Å². The van der Waals surface area contributed by atoms with E-state index in [0.717, 1.165) is 50.1 Å². The number of nitrogens with zero attached hydrogens (tertiary/aromatic N) is 1. The average Bonchev–Trinajstić information content (AvgIpc) is 4.03. The van der Waals surface area contributed by atoms with Gasteiger partial charge in [-0.1, -0.05) is 214 Å². The van der Waals surface area contributed by atoms with Crippen molar-refractivity contribution < 1.29 is 4.42 Å². The molecule has 0 fully saturated rings. The number of anilines is 3. The van der Waals surface area contributed by atoms with Crippen LogP contribution in [0.15, 0.2) is 253 Å². The van der Waals surface area contributed by atoms with E-state index in [1.54, 1.807) is 0 Å². The molecule has 0 atom stereocenters. The lowest BCUT2D eigenvalue weighted by molar-refractivity contribution is 0.666. The molecular weight excluding hydrogens is 847 g/mol. The van der Waals surface area contributed by atoms with Crippen molar-refractivity contribution >= 4 is 49.8 Å². The lowest BCUT2D eigenvalue weighted by atomic mass is 9.67. The Morgan fingerprint density at radius 2 is 0.929 bits per heavy atom. The van der Waals surface area contributed by atoms with Gasteiger partial charge in [0, 0.05) is 33.2 Å². The van der Waals surface area contributed by atoms with E-state index in [1.807, 2.05) is 0 Å². The number of hydrogen-bond acceptors (Lipinski definition) is 2. The van der Waals surface area contributed by atoms with Crippen LogP contribution < -0.4 is 4.90 Å². The normalized spacial score (nSPS) is 13.8. The zero-order chi connectivity index (χ0) is 46.6. The maximum Gasteiger partial charge on any atom is 0.136 e. The van der Waals surface area contributed by atoms with Crippen LogP contribution in [0.25, 0.3) is 77.2 Å². The van der Waals surface area contributed by atoms with Gasteiger partial charge in [-0.05, 0) is 137 Å². The molecule has 2 aliphatic carbocycles. The van der Waals surface area contributed by atoms with E-state index in [2.05, 4.69) is 267 Å². The van der Waals surface area contributed by atoms with Gasteiger partial charge in [0.05, 0.1) is 5.41 Å². The van der Waals surface area contributed by atoms with Crippen molar-refractivity contribution in [1.29, 1.82) is 0 Å². The maximum atomic E-state index is 6.65. The minimum absolute atomic E-state index is 0.238. The summed E-state index contributed by atoms with van der Waals surface area (Å²) in [6.45, 7) is 4.80. The van der Waals surface area contributed by atoms with Gasteiger partial charge in [-0.2, -0.15) is 0 Å². The molecule has 14 rings (SSSR count). The van der Waals surface area contributed by atoms with E-state index in [0.29, 0.717) is 0 Å². The average molecular weight is 894 g/mol. The molecule has 2 heteroatoms. The highest BCUT2D eigenvalue weighted by Crippen LogP contribution is 2.58. The molecule has 0 bridgehead atoms. The number of furan rings is 1. The standard InChI is InChI=1S/C68H47NO/c1-67(2)62-43-52(36-39-57(62)58-38-33-47-21-9-10-24-54(47)66(58)67)69(51-37-40-63-59(42-51)65-53(27-16-30-64(65)70-63)46-19-7-4-8-20-46)50-23-15-22-49(41-50)68(48-34-31-45(32-35-48)44-17-5-3-6-18-44)60-28-13-11-25-55(60)56-26-12-14-29-61(56)68/h3-43H,1-2H3. The Labute approximate surface area is 408 Å². The van der Waals surface area contributed by atoms with Gasteiger partial charge in [0.2, 0.25) is 0 Å². The van der Waals surface area contributed by atoms with Crippen LogP contribution >= 0.6 is 0 Å². The van der Waals surface area contributed by atoms with Crippen molar-refractivity contribution in [2.24, 2.45) is 0 Å². The molecule has 0 radical (unpaired) electrons. The van der Waals surface area contributed by atoms with Crippen LogP contribution in [0.3, 0.4) is 0 Å². The first-order valence-corrected chi connectivity index (χ1v) is 24.4. The third kappa shape index (κ3) is 5.87. The summed E-state index contributed by atoms with van der Waals surface area (Å²) in [6, 6.07) is 91.8. The van der Waals surface area contributed by atoms with Gasteiger partial charge in [0.25, 0.3) is 0 Å². The summed E-state index contributed by atoms with van der Waals surface area (Å²) < 4.78 is 6.65. The Morgan fingerprint density at radius 3 is 1.70 bits per heavy atom. The van der Waals surface area contributed by atoms with Gasteiger partial charge in [-0.15, -0.1) is 0 Å². The van der Waals surface area contributed by atoms with Gasteiger partial charge >= 0.3 is 0 Å². The van der Waals surface area contributed by atoms with Gasteiger partial charge < -0.3 is 9.32 Å². The fraction of sp³-hybridized carbons (Fsp3) is 0.0588. The van der Waals surface area contributed by atoms with E-state index in [9.17, 15) is 0 Å². The molecular formula is C68H47NO. The highest BCUT2D eigenvalue weighted by Gasteiger charge is 2.46. The summed E-state index contributed by atoms with van der Waals surface area (Å²) in [5.74, 6) is 0. The summed E-state index contributed by atoms with van der Waals surface area (Å²) in [6.07, 6.45) is 0. The minimum Gasteiger partial charge on any atom is -0.456 e.